The number of carbonyl (C=O) groups is 1. The van der Waals surface area contributed by atoms with Crippen LogP contribution in [0.4, 0.5) is 0 Å². The average molecular weight is 385 g/mol. The van der Waals surface area contributed by atoms with Crippen LogP contribution >= 0.6 is 11.3 Å². The Bertz CT molecular complexity index is 954. The number of rotatable bonds is 5. The zero-order chi connectivity index (χ0) is 18.8. The van der Waals surface area contributed by atoms with Gasteiger partial charge in [-0.05, 0) is 46.3 Å². The van der Waals surface area contributed by atoms with Crippen molar-refractivity contribution in [2.45, 2.75) is 19.5 Å². The van der Waals surface area contributed by atoms with Crippen LogP contribution in [0, 0.1) is 0 Å². The standard InChI is InChI=1S/C18H19N5O3S/c1-25-14-8-12-5-6-22(10-13(12)9-15(14)26-2)17(24)11-23-20-18(19-21-23)16-4-3-7-27-16/h3-4,7-9H,5-6,10-11H2,1-2H3. The van der Waals surface area contributed by atoms with E-state index in [-0.39, 0.29) is 12.5 Å². The molecule has 2 aromatic heterocycles. The second-order valence-corrected chi connectivity index (χ2v) is 7.11. The molecule has 0 N–H and O–H groups in total. The van der Waals surface area contributed by atoms with Gasteiger partial charge in [0.2, 0.25) is 11.7 Å². The fourth-order valence-electron chi connectivity index (χ4n) is 3.13. The molecule has 3 heterocycles. The van der Waals surface area contributed by atoms with E-state index >= 15 is 0 Å². The van der Waals surface area contributed by atoms with Crippen LogP contribution in [0.2, 0.25) is 0 Å². The lowest BCUT2D eigenvalue weighted by Crippen LogP contribution is -2.38. The van der Waals surface area contributed by atoms with E-state index in [0.29, 0.717) is 30.4 Å². The van der Waals surface area contributed by atoms with Crippen LogP contribution in [-0.2, 0) is 24.3 Å². The maximum absolute atomic E-state index is 12.7. The Morgan fingerprint density at radius 2 is 2.00 bits per heavy atom. The van der Waals surface area contributed by atoms with Gasteiger partial charge in [-0.15, -0.1) is 21.5 Å². The van der Waals surface area contributed by atoms with Gasteiger partial charge < -0.3 is 14.4 Å². The summed E-state index contributed by atoms with van der Waals surface area (Å²) in [5.41, 5.74) is 2.24. The zero-order valence-corrected chi connectivity index (χ0v) is 15.9. The number of benzene rings is 1. The molecule has 3 aromatic rings. The predicted molar refractivity (Wildman–Crippen MR) is 99.8 cm³/mol. The number of hydrogen-bond acceptors (Lipinski definition) is 7. The van der Waals surface area contributed by atoms with Crippen molar-refractivity contribution in [3.63, 3.8) is 0 Å². The summed E-state index contributed by atoms with van der Waals surface area (Å²) >= 11 is 1.54. The summed E-state index contributed by atoms with van der Waals surface area (Å²) in [5.74, 6) is 1.89. The van der Waals surface area contributed by atoms with Gasteiger partial charge >= 0.3 is 0 Å². The van der Waals surface area contributed by atoms with Gasteiger partial charge in [0.1, 0.15) is 6.54 Å². The molecule has 140 valence electrons. The normalized spacial score (nSPS) is 13.3. The number of tetrazole rings is 1. The zero-order valence-electron chi connectivity index (χ0n) is 15.1. The van der Waals surface area contributed by atoms with Crippen molar-refractivity contribution in [1.82, 2.24) is 25.1 Å². The highest BCUT2D eigenvalue weighted by atomic mass is 32.1. The Labute approximate surface area is 160 Å². The molecule has 27 heavy (non-hydrogen) atoms. The van der Waals surface area contributed by atoms with Crippen molar-refractivity contribution in [3.8, 4) is 22.2 Å². The Morgan fingerprint density at radius 3 is 2.70 bits per heavy atom. The lowest BCUT2D eigenvalue weighted by atomic mass is 9.98. The quantitative estimate of drug-likeness (QED) is 0.668. The van der Waals surface area contributed by atoms with Crippen LogP contribution < -0.4 is 9.47 Å². The summed E-state index contributed by atoms with van der Waals surface area (Å²) in [5, 5.41) is 14.3. The fraction of sp³-hybridized carbons (Fsp3) is 0.333. The molecule has 8 nitrogen and oxygen atoms in total. The summed E-state index contributed by atoms with van der Waals surface area (Å²) in [7, 11) is 3.23. The van der Waals surface area contributed by atoms with Gasteiger partial charge in [-0.25, -0.2) is 0 Å². The highest BCUT2D eigenvalue weighted by molar-refractivity contribution is 7.13. The van der Waals surface area contributed by atoms with E-state index in [1.54, 1.807) is 14.2 Å². The average Bonchev–Trinajstić information content (AvgIpc) is 3.38. The molecule has 9 heteroatoms. The molecular weight excluding hydrogens is 366 g/mol. The molecule has 0 aliphatic carbocycles. The summed E-state index contributed by atoms with van der Waals surface area (Å²) in [4.78, 5) is 16.8. The maximum atomic E-state index is 12.7. The number of nitrogens with zero attached hydrogens (tertiary/aromatic N) is 5. The van der Waals surface area contributed by atoms with Crippen LogP contribution in [-0.4, -0.2) is 51.8 Å². The van der Waals surface area contributed by atoms with Gasteiger partial charge in [-0.1, -0.05) is 6.07 Å². The van der Waals surface area contributed by atoms with Crippen LogP contribution in [0.25, 0.3) is 10.7 Å². The summed E-state index contributed by atoms with van der Waals surface area (Å²) in [6.45, 7) is 1.25. The molecule has 1 aliphatic heterocycles. The third-order valence-electron chi connectivity index (χ3n) is 4.54. The number of thiophene rings is 1. The van der Waals surface area contributed by atoms with E-state index in [0.717, 1.165) is 16.9 Å². The van der Waals surface area contributed by atoms with Gasteiger partial charge in [-0.2, -0.15) is 4.80 Å². The van der Waals surface area contributed by atoms with Crippen LogP contribution in [0.1, 0.15) is 11.1 Å². The van der Waals surface area contributed by atoms with Gasteiger partial charge in [0, 0.05) is 13.1 Å². The first kappa shape index (κ1) is 17.5. The molecule has 1 aliphatic rings. The summed E-state index contributed by atoms with van der Waals surface area (Å²) in [6.07, 6.45) is 0.770. The van der Waals surface area contributed by atoms with Crippen molar-refractivity contribution in [2.24, 2.45) is 0 Å². The van der Waals surface area contributed by atoms with Crippen molar-refractivity contribution in [2.75, 3.05) is 20.8 Å². The van der Waals surface area contributed by atoms with Crippen molar-refractivity contribution in [1.29, 1.82) is 0 Å². The van der Waals surface area contributed by atoms with Crippen molar-refractivity contribution >= 4 is 17.2 Å². The highest BCUT2D eigenvalue weighted by Gasteiger charge is 2.23. The first-order valence-corrected chi connectivity index (χ1v) is 9.39. The van der Waals surface area contributed by atoms with Crippen LogP contribution in [0.3, 0.4) is 0 Å². The minimum atomic E-state index is -0.0365. The topological polar surface area (TPSA) is 82.4 Å². The molecule has 0 fully saturated rings. The molecule has 0 spiro atoms. The Hall–Kier alpha value is -2.94. The molecular formula is C18H19N5O3S. The Morgan fingerprint density at radius 1 is 1.22 bits per heavy atom. The van der Waals surface area contributed by atoms with Gasteiger partial charge in [-0.3, -0.25) is 4.79 Å². The Kier molecular flexibility index (Phi) is 4.76. The number of carbonyl (C=O) groups excluding carboxylic acids is 1. The van der Waals surface area contributed by atoms with Gasteiger partial charge in [0.05, 0.1) is 19.1 Å². The third-order valence-corrected chi connectivity index (χ3v) is 5.41. The number of hydrogen-bond donors (Lipinski definition) is 0. The number of methoxy groups -OCH3 is 2. The molecule has 0 unspecified atom stereocenters. The van der Waals surface area contributed by atoms with E-state index in [2.05, 4.69) is 15.4 Å². The number of amides is 1. The maximum Gasteiger partial charge on any atom is 0.246 e. The minimum absolute atomic E-state index is 0.0365. The van der Waals surface area contributed by atoms with E-state index in [4.69, 9.17) is 9.47 Å². The second kappa shape index (κ2) is 7.36. The van der Waals surface area contributed by atoms with E-state index in [1.165, 1.54) is 21.7 Å². The van der Waals surface area contributed by atoms with Crippen LogP contribution in [0.5, 0.6) is 11.5 Å². The second-order valence-electron chi connectivity index (χ2n) is 6.16. The molecule has 4 rings (SSSR count). The molecule has 0 saturated carbocycles. The number of fused-ring (bicyclic) bond motifs is 1. The third kappa shape index (κ3) is 3.50. The minimum Gasteiger partial charge on any atom is -0.493 e. The molecule has 1 amide bonds. The van der Waals surface area contributed by atoms with Crippen LogP contribution in [0.15, 0.2) is 29.6 Å². The van der Waals surface area contributed by atoms with Crippen molar-refractivity contribution < 1.29 is 14.3 Å². The van der Waals surface area contributed by atoms with Gasteiger partial charge in [0.25, 0.3) is 0 Å². The highest BCUT2D eigenvalue weighted by Crippen LogP contribution is 2.33. The summed E-state index contributed by atoms with van der Waals surface area (Å²) in [6, 6.07) is 7.79. The largest absolute Gasteiger partial charge is 0.493 e. The number of aromatic nitrogens is 4. The smallest absolute Gasteiger partial charge is 0.246 e. The van der Waals surface area contributed by atoms with Crippen molar-refractivity contribution in [3.05, 3.63) is 40.8 Å². The molecule has 0 saturated heterocycles. The first-order chi connectivity index (χ1) is 13.2. The monoisotopic (exact) mass is 385 g/mol. The SMILES string of the molecule is COc1cc2c(cc1OC)CN(C(=O)Cn1nnc(-c3cccs3)n1)CC2. The van der Waals surface area contributed by atoms with E-state index in [1.807, 2.05) is 34.5 Å². The lowest BCUT2D eigenvalue weighted by molar-refractivity contribution is -0.133. The molecule has 1 aromatic carbocycles. The Balaban J connectivity index is 1.46. The fourth-order valence-corrected chi connectivity index (χ4v) is 3.78. The predicted octanol–water partition coefficient (Wildman–Crippen LogP) is 2.00. The molecule has 0 atom stereocenters. The molecule has 0 radical (unpaired) electrons. The molecule has 0 bridgehead atoms. The lowest BCUT2D eigenvalue weighted by Gasteiger charge is -2.29. The van der Waals surface area contributed by atoms with Gasteiger partial charge in [0.15, 0.2) is 11.5 Å². The summed E-state index contributed by atoms with van der Waals surface area (Å²) < 4.78 is 10.7. The first-order valence-electron chi connectivity index (χ1n) is 8.51. The van der Waals surface area contributed by atoms with E-state index in [9.17, 15) is 4.79 Å². The van der Waals surface area contributed by atoms with E-state index < -0.39 is 0 Å². The number of ether oxygens (including phenoxy) is 2.